The Kier molecular flexibility index (Phi) is 5.88. The largest absolute Gasteiger partial charge is 0.465 e. The van der Waals surface area contributed by atoms with Crippen LogP contribution in [0.25, 0.3) is 0 Å². The summed E-state index contributed by atoms with van der Waals surface area (Å²) in [4.78, 5) is 12.2. The quantitative estimate of drug-likeness (QED) is 0.780. The summed E-state index contributed by atoms with van der Waals surface area (Å²) in [7, 11) is -3.47. The number of carbonyl (C=O) groups excluding carboxylic acids is 1. The molecule has 0 saturated carbocycles. The standard InChI is InChI=1S/C15H21NO4S2/c1-3-20-15(17)14-11-21-8-9-22(18,19)16(14)10-13-6-4-12(2)5-7-13/h4-7,14H,3,8-11H2,1-2H3. The number of sulfonamides is 1. The van der Waals surface area contributed by atoms with Gasteiger partial charge in [-0.05, 0) is 19.4 Å². The maximum absolute atomic E-state index is 12.5. The van der Waals surface area contributed by atoms with Crippen molar-refractivity contribution in [2.75, 3.05) is 23.9 Å². The molecule has 0 bridgehead atoms. The molecule has 0 aromatic heterocycles. The molecule has 2 rings (SSSR count). The number of nitrogens with zero attached hydrogens (tertiary/aromatic N) is 1. The Balaban J connectivity index is 2.29. The second-order valence-corrected chi connectivity index (χ2v) is 8.38. The van der Waals surface area contributed by atoms with Crippen LogP contribution in [0.4, 0.5) is 0 Å². The molecule has 1 unspecified atom stereocenters. The predicted octanol–water partition coefficient (Wildman–Crippen LogP) is 1.81. The van der Waals surface area contributed by atoms with Crippen LogP contribution in [0.3, 0.4) is 0 Å². The molecule has 1 aromatic rings. The number of benzene rings is 1. The summed E-state index contributed by atoms with van der Waals surface area (Å²) in [6.45, 7) is 4.15. The molecular weight excluding hydrogens is 322 g/mol. The normalized spacial score (nSPS) is 22.0. The average molecular weight is 343 g/mol. The highest BCUT2D eigenvalue weighted by Crippen LogP contribution is 2.23. The highest BCUT2D eigenvalue weighted by Gasteiger charge is 2.37. The minimum absolute atomic E-state index is 0.0550. The summed E-state index contributed by atoms with van der Waals surface area (Å²) in [6.07, 6.45) is 0. The zero-order valence-corrected chi connectivity index (χ0v) is 14.5. The zero-order chi connectivity index (χ0) is 16.2. The van der Waals surface area contributed by atoms with E-state index in [1.54, 1.807) is 6.92 Å². The van der Waals surface area contributed by atoms with Crippen LogP contribution < -0.4 is 0 Å². The van der Waals surface area contributed by atoms with Crippen molar-refractivity contribution in [3.8, 4) is 0 Å². The second kappa shape index (κ2) is 7.48. The lowest BCUT2D eigenvalue weighted by Crippen LogP contribution is -2.46. The molecule has 1 atom stereocenters. The van der Waals surface area contributed by atoms with Gasteiger partial charge in [0.25, 0.3) is 0 Å². The first-order valence-electron chi connectivity index (χ1n) is 7.23. The van der Waals surface area contributed by atoms with Crippen molar-refractivity contribution in [3.63, 3.8) is 0 Å². The van der Waals surface area contributed by atoms with E-state index in [2.05, 4.69) is 0 Å². The molecular formula is C15H21NO4S2. The molecule has 1 aliphatic heterocycles. The van der Waals surface area contributed by atoms with Gasteiger partial charge in [0, 0.05) is 18.1 Å². The third-order valence-corrected chi connectivity index (χ3v) is 6.60. The van der Waals surface area contributed by atoms with Gasteiger partial charge in [0.2, 0.25) is 10.0 Å². The summed E-state index contributed by atoms with van der Waals surface area (Å²) in [5, 5.41) is 0. The fourth-order valence-corrected chi connectivity index (χ4v) is 5.50. The molecule has 5 nitrogen and oxygen atoms in total. The highest BCUT2D eigenvalue weighted by molar-refractivity contribution is 8.00. The fourth-order valence-electron chi connectivity index (χ4n) is 2.26. The van der Waals surface area contributed by atoms with Gasteiger partial charge in [-0.2, -0.15) is 16.1 Å². The van der Waals surface area contributed by atoms with Crippen LogP contribution in [0.5, 0.6) is 0 Å². The van der Waals surface area contributed by atoms with Crippen LogP contribution in [0.1, 0.15) is 18.1 Å². The Morgan fingerprint density at radius 2 is 2.05 bits per heavy atom. The summed E-state index contributed by atoms with van der Waals surface area (Å²) in [5.41, 5.74) is 1.98. The molecule has 0 amide bonds. The first-order valence-corrected chi connectivity index (χ1v) is 10.00. The van der Waals surface area contributed by atoms with E-state index in [4.69, 9.17) is 4.74 Å². The number of esters is 1. The van der Waals surface area contributed by atoms with Crippen LogP contribution in [0.2, 0.25) is 0 Å². The molecule has 7 heteroatoms. The lowest BCUT2D eigenvalue weighted by Gasteiger charge is -2.27. The van der Waals surface area contributed by atoms with Crippen molar-refractivity contribution < 1.29 is 17.9 Å². The number of thioether (sulfide) groups is 1. The van der Waals surface area contributed by atoms with E-state index in [0.717, 1.165) is 11.1 Å². The van der Waals surface area contributed by atoms with Gasteiger partial charge in [0.15, 0.2) is 0 Å². The van der Waals surface area contributed by atoms with E-state index >= 15 is 0 Å². The zero-order valence-electron chi connectivity index (χ0n) is 12.8. The van der Waals surface area contributed by atoms with Gasteiger partial charge in [-0.3, -0.25) is 4.79 Å². The minimum Gasteiger partial charge on any atom is -0.465 e. The predicted molar refractivity (Wildman–Crippen MR) is 88.3 cm³/mol. The van der Waals surface area contributed by atoms with Crippen molar-refractivity contribution in [2.45, 2.75) is 26.4 Å². The second-order valence-electron chi connectivity index (χ2n) is 5.19. The van der Waals surface area contributed by atoms with Crippen LogP contribution in [-0.2, 0) is 26.1 Å². The van der Waals surface area contributed by atoms with Gasteiger partial charge in [-0.15, -0.1) is 0 Å². The molecule has 22 heavy (non-hydrogen) atoms. The number of hydrogen-bond donors (Lipinski definition) is 0. The van der Waals surface area contributed by atoms with Gasteiger partial charge >= 0.3 is 5.97 Å². The van der Waals surface area contributed by atoms with Crippen LogP contribution in [0.15, 0.2) is 24.3 Å². The maximum Gasteiger partial charge on any atom is 0.325 e. The molecule has 1 heterocycles. The van der Waals surface area contributed by atoms with Crippen molar-refractivity contribution in [1.82, 2.24) is 4.31 Å². The molecule has 1 saturated heterocycles. The average Bonchev–Trinajstić information content (AvgIpc) is 2.61. The van der Waals surface area contributed by atoms with Crippen molar-refractivity contribution in [3.05, 3.63) is 35.4 Å². The summed E-state index contributed by atoms with van der Waals surface area (Å²) >= 11 is 1.48. The molecule has 122 valence electrons. The lowest BCUT2D eigenvalue weighted by atomic mass is 10.1. The molecule has 0 N–H and O–H groups in total. The molecule has 0 spiro atoms. The third-order valence-electron chi connectivity index (χ3n) is 3.48. The Morgan fingerprint density at radius 3 is 2.68 bits per heavy atom. The van der Waals surface area contributed by atoms with E-state index in [9.17, 15) is 13.2 Å². The smallest absolute Gasteiger partial charge is 0.325 e. The first-order chi connectivity index (χ1) is 10.4. The van der Waals surface area contributed by atoms with E-state index in [1.807, 2.05) is 31.2 Å². The third kappa shape index (κ3) is 4.24. The lowest BCUT2D eigenvalue weighted by molar-refractivity contribution is -0.147. The molecule has 1 aliphatic rings. The number of hydrogen-bond acceptors (Lipinski definition) is 5. The summed E-state index contributed by atoms with van der Waals surface area (Å²) in [5.74, 6) is 0.527. The molecule has 0 radical (unpaired) electrons. The molecule has 0 aliphatic carbocycles. The molecule has 1 fully saturated rings. The summed E-state index contributed by atoms with van der Waals surface area (Å²) in [6, 6.07) is 6.91. The summed E-state index contributed by atoms with van der Waals surface area (Å²) < 4.78 is 31.4. The van der Waals surface area contributed by atoms with Crippen LogP contribution in [0, 0.1) is 6.92 Å². The Morgan fingerprint density at radius 1 is 1.36 bits per heavy atom. The highest BCUT2D eigenvalue weighted by atomic mass is 32.2. The fraction of sp³-hybridized carbons (Fsp3) is 0.533. The number of carbonyl (C=O) groups is 1. The molecule has 1 aromatic carbocycles. The maximum atomic E-state index is 12.5. The van der Waals surface area contributed by atoms with Crippen molar-refractivity contribution >= 4 is 27.8 Å². The Labute approximate surface area is 136 Å². The first kappa shape index (κ1) is 17.3. The van der Waals surface area contributed by atoms with Crippen molar-refractivity contribution in [1.29, 1.82) is 0 Å². The van der Waals surface area contributed by atoms with E-state index < -0.39 is 22.0 Å². The van der Waals surface area contributed by atoms with E-state index in [0.29, 0.717) is 11.5 Å². The SMILES string of the molecule is CCOC(=O)C1CSCCS(=O)(=O)N1Cc1ccc(C)cc1. The van der Waals surface area contributed by atoms with Gasteiger partial charge in [0.05, 0.1) is 12.4 Å². The van der Waals surface area contributed by atoms with Crippen molar-refractivity contribution in [2.24, 2.45) is 0 Å². The van der Waals surface area contributed by atoms with Gasteiger partial charge < -0.3 is 4.74 Å². The van der Waals surface area contributed by atoms with Gasteiger partial charge in [0.1, 0.15) is 6.04 Å². The number of aryl methyl sites for hydroxylation is 1. The topological polar surface area (TPSA) is 63.7 Å². The van der Waals surface area contributed by atoms with E-state index in [-0.39, 0.29) is 18.9 Å². The van der Waals surface area contributed by atoms with Crippen LogP contribution in [-0.4, -0.2) is 48.6 Å². The van der Waals surface area contributed by atoms with E-state index in [1.165, 1.54) is 16.1 Å². The Hall–Kier alpha value is -1.05. The van der Waals surface area contributed by atoms with Gasteiger partial charge in [-0.25, -0.2) is 8.42 Å². The Bertz CT molecular complexity index is 613. The number of ether oxygens (including phenoxy) is 1. The monoisotopic (exact) mass is 343 g/mol. The van der Waals surface area contributed by atoms with Crippen LogP contribution >= 0.6 is 11.8 Å². The number of rotatable bonds is 4. The minimum atomic E-state index is -3.47. The van der Waals surface area contributed by atoms with Gasteiger partial charge in [-0.1, -0.05) is 29.8 Å².